The molecule has 1 aromatic heterocycles. The van der Waals surface area contributed by atoms with E-state index in [9.17, 15) is 0 Å². The van der Waals surface area contributed by atoms with Gasteiger partial charge >= 0.3 is 350 Å². The molecule has 0 radical (unpaired) electrons. The summed E-state index contributed by atoms with van der Waals surface area (Å²) in [6.45, 7) is 0. The minimum atomic E-state index is 0.142. The van der Waals surface area contributed by atoms with E-state index in [-0.39, 0.29) is 14.5 Å². The maximum absolute atomic E-state index is 2.51. The van der Waals surface area contributed by atoms with E-state index in [1.807, 2.05) is 0 Å². The van der Waals surface area contributed by atoms with E-state index >= 15 is 0 Å². The predicted molar refractivity (Wildman–Crippen MR) is 281 cm³/mol. The quantitative estimate of drug-likeness (QED) is 0.115. The third-order valence-electron chi connectivity index (χ3n) is 13.4. The van der Waals surface area contributed by atoms with Gasteiger partial charge in [-0.05, 0) is 0 Å². The molecule has 0 saturated carbocycles. The Kier molecular flexibility index (Phi) is 8.98. The summed E-state index contributed by atoms with van der Waals surface area (Å²) in [6, 6.07) is 90.2. The second kappa shape index (κ2) is 15.5. The number of hydrogen-bond donors (Lipinski definition) is 0. The summed E-state index contributed by atoms with van der Waals surface area (Å²) in [7, 11) is 0. The van der Waals surface area contributed by atoms with Gasteiger partial charge in [-0.25, -0.2) is 0 Å². The number of rotatable bonds is 6. The van der Waals surface area contributed by atoms with Crippen molar-refractivity contribution in [3.05, 3.63) is 243 Å². The zero-order valence-electron chi connectivity index (χ0n) is 35.5. The summed E-state index contributed by atoms with van der Waals surface area (Å²) in [5, 5.41) is 13.0. The van der Waals surface area contributed by atoms with Gasteiger partial charge in [-0.15, -0.1) is 0 Å². The molecule has 0 amide bonds. The van der Waals surface area contributed by atoms with Gasteiger partial charge in [-0.1, -0.05) is 36.4 Å². The van der Waals surface area contributed by atoms with Gasteiger partial charge in [0.05, 0.1) is 0 Å². The molecule has 302 valence electrons. The first-order valence-electron chi connectivity index (χ1n) is 22.4. The summed E-state index contributed by atoms with van der Waals surface area (Å²) in [6.07, 6.45) is 0. The monoisotopic (exact) mass is 888 g/mol. The van der Waals surface area contributed by atoms with Gasteiger partial charge in [-0.2, -0.15) is 0 Å². The van der Waals surface area contributed by atoms with Crippen molar-refractivity contribution in [2.24, 2.45) is 0 Å². The van der Waals surface area contributed by atoms with Crippen molar-refractivity contribution in [1.82, 2.24) is 0 Å². The first kappa shape index (κ1) is 37.7. The molecule has 65 heavy (non-hydrogen) atoms. The Morgan fingerprint density at radius 1 is 0.200 bits per heavy atom. The molecule has 0 bridgehead atoms. The molecule has 12 aromatic carbocycles. The van der Waals surface area contributed by atoms with Crippen molar-refractivity contribution in [3.8, 4) is 66.8 Å². The molecule has 0 aliphatic rings. The van der Waals surface area contributed by atoms with Crippen molar-refractivity contribution in [2.45, 2.75) is 0 Å². The Hall–Kier alpha value is -7.80. The standard InChI is InChI=1S/C64H40Se/c1-4-19-41(20-5-1)45-37-46(42-21-6-2-7-22-42)39-47(38-45)62-52-29-14-16-31-54(52)63(55-32-17-15-30-53(55)62)57-33-18-34-58-64(57)56-36-35-44(40-59(56)65-58)61-50-27-12-10-25-48(50)60(43-23-8-3-9-24-43)49-26-11-13-28-51(49)61/h1-40H. The van der Waals surface area contributed by atoms with Gasteiger partial charge in [0.15, 0.2) is 0 Å². The summed E-state index contributed by atoms with van der Waals surface area (Å²) in [5.74, 6) is 0. The average Bonchev–Trinajstić information content (AvgIpc) is 3.76. The van der Waals surface area contributed by atoms with E-state index < -0.39 is 0 Å². The maximum atomic E-state index is 2.51. The van der Waals surface area contributed by atoms with Crippen LogP contribution in [0.4, 0.5) is 0 Å². The molecule has 13 rings (SSSR count). The predicted octanol–water partition coefficient (Wildman–Crippen LogP) is 17.7. The average molecular weight is 888 g/mol. The van der Waals surface area contributed by atoms with Crippen molar-refractivity contribution in [3.63, 3.8) is 0 Å². The van der Waals surface area contributed by atoms with Crippen LogP contribution in [-0.2, 0) is 0 Å². The Labute approximate surface area is 384 Å². The van der Waals surface area contributed by atoms with Crippen molar-refractivity contribution >= 4 is 76.9 Å². The number of benzene rings is 12. The number of fused-ring (bicyclic) bond motifs is 7. The summed E-state index contributed by atoms with van der Waals surface area (Å²) in [5.41, 5.74) is 15.1. The summed E-state index contributed by atoms with van der Waals surface area (Å²) in [4.78, 5) is 0. The molecule has 0 N–H and O–H groups in total. The fourth-order valence-electron chi connectivity index (χ4n) is 10.6. The molecule has 1 heteroatoms. The van der Waals surface area contributed by atoms with Gasteiger partial charge in [0.25, 0.3) is 0 Å². The van der Waals surface area contributed by atoms with E-state index in [2.05, 4.69) is 243 Å². The van der Waals surface area contributed by atoms with Crippen LogP contribution in [0.2, 0.25) is 0 Å². The Bertz CT molecular complexity index is 3800. The molecule has 0 fully saturated rings. The minimum Gasteiger partial charge on any atom is -0.0617 e. The van der Waals surface area contributed by atoms with E-state index in [4.69, 9.17) is 0 Å². The van der Waals surface area contributed by atoms with Crippen LogP contribution in [0.15, 0.2) is 243 Å². The van der Waals surface area contributed by atoms with Crippen LogP contribution < -0.4 is 0 Å². The van der Waals surface area contributed by atoms with E-state index in [0.717, 1.165) is 0 Å². The van der Waals surface area contributed by atoms with E-state index in [0.29, 0.717) is 0 Å². The molecular formula is C64H40Se. The van der Waals surface area contributed by atoms with Crippen LogP contribution in [0.1, 0.15) is 0 Å². The third-order valence-corrected chi connectivity index (χ3v) is 15.8. The zero-order chi connectivity index (χ0) is 42.8. The summed E-state index contributed by atoms with van der Waals surface area (Å²) < 4.78 is 2.88. The molecule has 0 aliphatic heterocycles. The van der Waals surface area contributed by atoms with E-state index in [1.54, 1.807) is 0 Å². The van der Waals surface area contributed by atoms with Crippen LogP contribution in [-0.4, -0.2) is 14.5 Å². The molecule has 0 nitrogen and oxygen atoms in total. The number of hydrogen-bond acceptors (Lipinski definition) is 0. The molecular weight excluding hydrogens is 848 g/mol. The van der Waals surface area contributed by atoms with Crippen molar-refractivity contribution in [1.29, 1.82) is 0 Å². The van der Waals surface area contributed by atoms with Crippen LogP contribution in [0.3, 0.4) is 0 Å². The third kappa shape index (κ3) is 6.20. The van der Waals surface area contributed by atoms with Crippen LogP contribution >= 0.6 is 0 Å². The SMILES string of the molecule is c1ccc(-c2cc(-c3ccccc3)cc(-c3c4ccccc4c(-c4cccc5[se]c6cc(-c7c8ccccc8c(-c8ccccc8)c8ccccc78)ccc6c45)c4ccccc34)c2)cc1. The summed E-state index contributed by atoms with van der Waals surface area (Å²) >= 11 is 0.142. The van der Waals surface area contributed by atoms with Gasteiger partial charge < -0.3 is 0 Å². The van der Waals surface area contributed by atoms with E-state index in [1.165, 1.54) is 129 Å². The molecule has 0 atom stereocenters. The zero-order valence-corrected chi connectivity index (χ0v) is 37.2. The Balaban J connectivity index is 1.04. The molecule has 0 saturated heterocycles. The van der Waals surface area contributed by atoms with Gasteiger partial charge in [0.2, 0.25) is 0 Å². The first-order valence-corrected chi connectivity index (χ1v) is 24.1. The topological polar surface area (TPSA) is 0 Å². The minimum absolute atomic E-state index is 0.142. The van der Waals surface area contributed by atoms with Gasteiger partial charge in [-0.3, -0.25) is 0 Å². The van der Waals surface area contributed by atoms with Crippen LogP contribution in [0.25, 0.3) is 129 Å². The molecule has 0 aliphatic carbocycles. The van der Waals surface area contributed by atoms with Gasteiger partial charge in [0.1, 0.15) is 0 Å². The van der Waals surface area contributed by atoms with Gasteiger partial charge in [0, 0.05) is 0 Å². The molecule has 13 aromatic rings. The Morgan fingerprint density at radius 2 is 0.585 bits per heavy atom. The van der Waals surface area contributed by atoms with Crippen LogP contribution in [0.5, 0.6) is 0 Å². The second-order valence-corrected chi connectivity index (χ2v) is 19.3. The molecule has 0 unspecified atom stereocenters. The van der Waals surface area contributed by atoms with Crippen LogP contribution in [0, 0.1) is 0 Å². The Morgan fingerprint density at radius 3 is 1.06 bits per heavy atom. The van der Waals surface area contributed by atoms with Crippen molar-refractivity contribution in [2.75, 3.05) is 0 Å². The molecule has 1 heterocycles. The smallest absolute Gasteiger partial charge is 0.0617 e. The fraction of sp³-hybridized carbons (Fsp3) is 0. The molecule has 0 spiro atoms. The fourth-order valence-corrected chi connectivity index (χ4v) is 13.1. The first-order chi connectivity index (χ1) is 32.3. The normalized spacial score (nSPS) is 11.7. The second-order valence-electron chi connectivity index (χ2n) is 17.1. The van der Waals surface area contributed by atoms with Crippen molar-refractivity contribution < 1.29 is 0 Å².